The molecule has 2 aliphatic rings. The SMILES string of the molecule is N=C(N)c1ccc(C2=CC(CC(=O)N3CCCN3)ON2)cc1. The van der Waals surface area contributed by atoms with Gasteiger partial charge in [0.1, 0.15) is 11.9 Å². The number of nitrogens with one attached hydrogen (secondary N) is 3. The molecule has 0 aliphatic carbocycles. The van der Waals surface area contributed by atoms with Gasteiger partial charge in [-0.3, -0.25) is 25.5 Å². The topological polar surface area (TPSA) is 103 Å². The minimum absolute atomic E-state index is 0.0359. The Morgan fingerprint density at radius 2 is 2.18 bits per heavy atom. The number of carbonyl (C=O) groups is 1. The van der Waals surface area contributed by atoms with Gasteiger partial charge in [-0.05, 0) is 18.1 Å². The average Bonchev–Trinajstić information content (AvgIpc) is 3.19. The Labute approximate surface area is 128 Å². The first-order valence-corrected chi connectivity index (χ1v) is 7.25. The summed E-state index contributed by atoms with van der Waals surface area (Å²) in [7, 11) is 0. The summed E-state index contributed by atoms with van der Waals surface area (Å²) >= 11 is 0. The van der Waals surface area contributed by atoms with Crippen molar-refractivity contribution < 1.29 is 9.63 Å². The predicted octanol–water partition coefficient (Wildman–Crippen LogP) is 0.342. The maximum absolute atomic E-state index is 12.1. The number of hydrogen-bond donors (Lipinski definition) is 4. The quantitative estimate of drug-likeness (QED) is 0.474. The third-order valence-electron chi connectivity index (χ3n) is 3.72. The van der Waals surface area contributed by atoms with Gasteiger partial charge in [0.25, 0.3) is 0 Å². The number of nitrogen functional groups attached to an aromatic ring is 1. The summed E-state index contributed by atoms with van der Waals surface area (Å²) in [5.74, 6) is 0.0754. The van der Waals surface area contributed by atoms with Crippen molar-refractivity contribution in [1.29, 1.82) is 5.41 Å². The van der Waals surface area contributed by atoms with Gasteiger partial charge in [0.2, 0.25) is 5.91 Å². The molecule has 1 aromatic rings. The summed E-state index contributed by atoms with van der Waals surface area (Å²) in [5, 5.41) is 9.03. The molecule has 2 aliphatic heterocycles. The summed E-state index contributed by atoms with van der Waals surface area (Å²) < 4.78 is 0. The van der Waals surface area contributed by atoms with E-state index in [1.165, 1.54) is 0 Å². The third kappa shape index (κ3) is 3.10. The summed E-state index contributed by atoms with van der Waals surface area (Å²) in [5.41, 5.74) is 13.8. The zero-order valence-electron chi connectivity index (χ0n) is 12.1. The largest absolute Gasteiger partial charge is 0.384 e. The van der Waals surface area contributed by atoms with Crippen LogP contribution in [0, 0.1) is 5.41 Å². The molecule has 1 amide bonds. The molecule has 0 spiro atoms. The molecular formula is C15H19N5O2. The number of amides is 1. The van der Waals surface area contributed by atoms with Crippen molar-refractivity contribution in [3.8, 4) is 0 Å². The molecule has 22 heavy (non-hydrogen) atoms. The Balaban J connectivity index is 1.63. The molecule has 1 fully saturated rings. The van der Waals surface area contributed by atoms with Crippen LogP contribution >= 0.6 is 0 Å². The van der Waals surface area contributed by atoms with Crippen molar-refractivity contribution >= 4 is 17.4 Å². The zero-order valence-corrected chi connectivity index (χ0v) is 12.1. The Hall–Kier alpha value is -2.38. The highest BCUT2D eigenvalue weighted by atomic mass is 16.7. The number of nitrogens with two attached hydrogens (primary N) is 1. The highest BCUT2D eigenvalue weighted by Crippen LogP contribution is 2.21. The molecular weight excluding hydrogens is 282 g/mol. The summed E-state index contributed by atoms with van der Waals surface area (Å²) in [6.45, 7) is 1.60. The van der Waals surface area contributed by atoms with Crippen molar-refractivity contribution in [2.75, 3.05) is 13.1 Å². The van der Waals surface area contributed by atoms with Crippen LogP contribution in [-0.4, -0.2) is 35.9 Å². The van der Waals surface area contributed by atoms with Gasteiger partial charge in [-0.1, -0.05) is 24.3 Å². The Morgan fingerprint density at radius 1 is 1.41 bits per heavy atom. The first-order valence-electron chi connectivity index (χ1n) is 7.25. The van der Waals surface area contributed by atoms with Crippen LogP contribution in [0.3, 0.4) is 0 Å². The van der Waals surface area contributed by atoms with Gasteiger partial charge in [-0.15, -0.1) is 0 Å². The standard InChI is InChI=1S/C15H19N5O2/c16-15(17)11-4-2-10(3-5-11)13-8-12(22-19-13)9-14(21)20-7-1-6-18-20/h2-5,8,12,18-19H,1,6-7,9H2,(H3,16,17). The van der Waals surface area contributed by atoms with E-state index in [-0.39, 0.29) is 17.8 Å². The highest BCUT2D eigenvalue weighted by Gasteiger charge is 2.25. The molecule has 2 heterocycles. The summed E-state index contributed by atoms with van der Waals surface area (Å²) in [4.78, 5) is 17.5. The van der Waals surface area contributed by atoms with Crippen LogP contribution in [0.4, 0.5) is 0 Å². The van der Waals surface area contributed by atoms with E-state index in [1.807, 2.05) is 18.2 Å². The number of rotatable bonds is 4. The van der Waals surface area contributed by atoms with Crippen LogP contribution in [0.2, 0.25) is 0 Å². The number of hydrogen-bond acceptors (Lipinski definition) is 5. The van der Waals surface area contributed by atoms with E-state index in [1.54, 1.807) is 17.1 Å². The first-order chi connectivity index (χ1) is 10.6. The van der Waals surface area contributed by atoms with Crippen LogP contribution in [-0.2, 0) is 9.63 Å². The fourth-order valence-corrected chi connectivity index (χ4v) is 2.50. The fraction of sp³-hybridized carbons (Fsp3) is 0.333. The maximum atomic E-state index is 12.1. The number of hydroxylamine groups is 1. The van der Waals surface area contributed by atoms with Crippen molar-refractivity contribution in [2.24, 2.45) is 5.73 Å². The molecule has 1 saturated heterocycles. The minimum atomic E-state index is -0.280. The van der Waals surface area contributed by atoms with Crippen LogP contribution in [0.15, 0.2) is 30.3 Å². The van der Waals surface area contributed by atoms with Crippen molar-refractivity contribution in [3.05, 3.63) is 41.5 Å². The molecule has 7 heteroatoms. The second kappa shape index (κ2) is 6.17. The number of carbonyl (C=O) groups excluding carboxylic acids is 1. The smallest absolute Gasteiger partial charge is 0.239 e. The number of amidine groups is 1. The van der Waals surface area contributed by atoms with Gasteiger partial charge in [0, 0.05) is 18.7 Å². The molecule has 0 radical (unpaired) electrons. The zero-order chi connectivity index (χ0) is 15.5. The normalized spacial score (nSPS) is 20.6. The molecule has 116 valence electrons. The summed E-state index contributed by atoms with van der Waals surface area (Å²) in [6.07, 6.45) is 2.91. The fourth-order valence-electron chi connectivity index (χ4n) is 2.50. The van der Waals surface area contributed by atoms with Crippen molar-refractivity contribution in [2.45, 2.75) is 18.9 Å². The molecule has 5 N–H and O–H groups in total. The van der Waals surface area contributed by atoms with Gasteiger partial charge in [-0.25, -0.2) is 5.43 Å². The summed E-state index contributed by atoms with van der Waals surface area (Å²) in [6, 6.07) is 7.30. The second-order valence-electron chi connectivity index (χ2n) is 5.34. The first kappa shape index (κ1) is 14.6. The van der Waals surface area contributed by atoms with E-state index in [0.29, 0.717) is 12.0 Å². The molecule has 1 unspecified atom stereocenters. The second-order valence-corrected chi connectivity index (χ2v) is 5.34. The molecule has 1 aromatic carbocycles. The lowest BCUT2D eigenvalue weighted by atomic mass is 10.1. The van der Waals surface area contributed by atoms with E-state index < -0.39 is 0 Å². The van der Waals surface area contributed by atoms with Crippen LogP contribution in [0.1, 0.15) is 24.0 Å². The third-order valence-corrected chi connectivity index (χ3v) is 3.72. The monoisotopic (exact) mass is 301 g/mol. The highest BCUT2D eigenvalue weighted by molar-refractivity contribution is 5.95. The van der Waals surface area contributed by atoms with E-state index in [4.69, 9.17) is 16.0 Å². The van der Waals surface area contributed by atoms with E-state index >= 15 is 0 Å². The minimum Gasteiger partial charge on any atom is -0.384 e. The maximum Gasteiger partial charge on any atom is 0.239 e. The van der Waals surface area contributed by atoms with Crippen LogP contribution in [0.25, 0.3) is 5.70 Å². The Kier molecular flexibility index (Phi) is 4.08. The van der Waals surface area contributed by atoms with Gasteiger partial charge < -0.3 is 5.73 Å². The van der Waals surface area contributed by atoms with Gasteiger partial charge in [0.05, 0.1) is 12.1 Å². The molecule has 3 rings (SSSR count). The van der Waals surface area contributed by atoms with Crippen LogP contribution < -0.4 is 16.6 Å². The van der Waals surface area contributed by atoms with Crippen LogP contribution in [0.5, 0.6) is 0 Å². The van der Waals surface area contributed by atoms with Gasteiger partial charge in [-0.2, -0.15) is 0 Å². The Morgan fingerprint density at radius 3 is 2.82 bits per heavy atom. The average molecular weight is 301 g/mol. The number of hydrazine groups is 1. The van der Waals surface area contributed by atoms with E-state index in [9.17, 15) is 4.79 Å². The van der Waals surface area contributed by atoms with Gasteiger partial charge in [0.15, 0.2) is 0 Å². The molecule has 7 nitrogen and oxygen atoms in total. The molecule has 0 aromatic heterocycles. The Bertz CT molecular complexity index is 605. The lowest BCUT2D eigenvalue weighted by Crippen LogP contribution is -2.38. The molecule has 1 atom stereocenters. The molecule has 0 saturated carbocycles. The van der Waals surface area contributed by atoms with Crippen molar-refractivity contribution in [3.63, 3.8) is 0 Å². The van der Waals surface area contributed by atoms with Crippen molar-refractivity contribution in [1.82, 2.24) is 15.9 Å². The molecule has 0 bridgehead atoms. The number of benzene rings is 1. The lowest BCUT2D eigenvalue weighted by Gasteiger charge is -2.16. The number of nitrogens with zero attached hydrogens (tertiary/aromatic N) is 1. The lowest BCUT2D eigenvalue weighted by molar-refractivity contribution is -0.135. The van der Waals surface area contributed by atoms with E-state index in [2.05, 4.69) is 10.9 Å². The van der Waals surface area contributed by atoms with Gasteiger partial charge >= 0.3 is 0 Å². The predicted molar refractivity (Wildman–Crippen MR) is 82.4 cm³/mol. The van der Waals surface area contributed by atoms with E-state index in [0.717, 1.165) is 30.8 Å².